The van der Waals surface area contributed by atoms with Crippen LogP contribution in [0.3, 0.4) is 0 Å². The van der Waals surface area contributed by atoms with Crippen molar-refractivity contribution in [2.24, 2.45) is 18.0 Å². The van der Waals surface area contributed by atoms with Crippen LogP contribution in [0.5, 0.6) is 0 Å². The Bertz CT molecular complexity index is 798. The largest absolute Gasteiger partial charge is 0.379 e. The molecule has 2 saturated heterocycles. The number of likely N-dealkylation sites (tertiary alicyclic amines) is 1. The van der Waals surface area contributed by atoms with Crippen molar-refractivity contribution in [3.8, 4) is 0 Å². The van der Waals surface area contributed by atoms with Crippen molar-refractivity contribution >= 4 is 17.3 Å². The molecule has 0 radical (unpaired) electrons. The molecular weight excluding hydrogens is 386 g/mol. The van der Waals surface area contributed by atoms with Crippen LogP contribution in [-0.4, -0.2) is 76.5 Å². The van der Waals surface area contributed by atoms with Crippen LogP contribution < -0.4 is 5.32 Å². The third-order valence-electron chi connectivity index (χ3n) is 5.76. The minimum atomic E-state index is 0.536. The van der Waals surface area contributed by atoms with Gasteiger partial charge in [-0.2, -0.15) is 0 Å². The number of rotatable bonds is 6. The van der Waals surface area contributed by atoms with Crippen molar-refractivity contribution in [2.75, 3.05) is 45.9 Å². The lowest BCUT2D eigenvalue weighted by Crippen LogP contribution is -2.42. The van der Waals surface area contributed by atoms with E-state index in [1.54, 1.807) is 11.3 Å². The first kappa shape index (κ1) is 20.3. The first-order valence-corrected chi connectivity index (χ1v) is 11.3. The summed E-state index contributed by atoms with van der Waals surface area (Å²) >= 11 is 1.77. The number of aryl methyl sites for hydroxylation is 1. The molecule has 29 heavy (non-hydrogen) atoms. The highest BCUT2D eigenvalue weighted by Gasteiger charge is 2.27. The predicted molar refractivity (Wildman–Crippen MR) is 115 cm³/mol. The van der Waals surface area contributed by atoms with Crippen LogP contribution in [0.2, 0.25) is 0 Å². The molecule has 0 bridgehead atoms. The summed E-state index contributed by atoms with van der Waals surface area (Å²) < 4.78 is 7.49. The van der Waals surface area contributed by atoms with E-state index in [0.717, 1.165) is 70.1 Å². The molecule has 158 valence electrons. The summed E-state index contributed by atoms with van der Waals surface area (Å²) in [6.07, 6.45) is 1.21. The number of hydrogen-bond acceptors (Lipinski definition) is 6. The third kappa shape index (κ3) is 5.34. The summed E-state index contributed by atoms with van der Waals surface area (Å²) in [5, 5.41) is 14.1. The van der Waals surface area contributed by atoms with Crippen LogP contribution >= 0.6 is 11.3 Å². The second kappa shape index (κ2) is 9.69. The van der Waals surface area contributed by atoms with E-state index in [9.17, 15) is 0 Å². The number of aliphatic imine (C=N–C) groups is 1. The lowest BCUT2D eigenvalue weighted by atomic mass is 10.1. The number of guanidine groups is 1. The molecule has 0 aromatic carbocycles. The summed E-state index contributed by atoms with van der Waals surface area (Å²) in [7, 11) is 1.99. The summed E-state index contributed by atoms with van der Waals surface area (Å²) in [4.78, 5) is 11.2. The molecule has 1 N–H and O–H groups in total. The van der Waals surface area contributed by atoms with E-state index >= 15 is 0 Å². The van der Waals surface area contributed by atoms with Crippen LogP contribution in [0.1, 0.15) is 22.9 Å². The number of thiophene rings is 1. The first-order chi connectivity index (χ1) is 14.2. The summed E-state index contributed by atoms with van der Waals surface area (Å²) in [5.41, 5.74) is 0. The zero-order chi connectivity index (χ0) is 20.1. The van der Waals surface area contributed by atoms with Gasteiger partial charge in [0.2, 0.25) is 0 Å². The van der Waals surface area contributed by atoms with E-state index in [1.807, 2.05) is 18.5 Å². The molecule has 1 unspecified atom stereocenters. The fraction of sp³-hybridized carbons (Fsp3) is 0.650. The van der Waals surface area contributed by atoms with Gasteiger partial charge in [-0.05, 0) is 30.7 Å². The standard InChI is InChI=1S/C20H31N7OS/c1-16-23-24-19(25(16)2)13-22-20(21-12-18-4-3-11-29-18)27-6-5-17(15-27)14-26-7-9-28-10-8-26/h3-4,11,17H,5-10,12-15H2,1-2H3,(H,21,22). The Kier molecular flexibility index (Phi) is 6.78. The van der Waals surface area contributed by atoms with Crippen LogP contribution in [0.4, 0.5) is 0 Å². The van der Waals surface area contributed by atoms with Gasteiger partial charge < -0.3 is 19.5 Å². The molecule has 4 rings (SSSR count). The molecule has 2 aliphatic rings. The topological polar surface area (TPSA) is 70.8 Å². The Morgan fingerprint density at radius 3 is 2.90 bits per heavy atom. The van der Waals surface area contributed by atoms with Crippen LogP contribution in [0.15, 0.2) is 22.5 Å². The lowest BCUT2D eigenvalue weighted by molar-refractivity contribution is 0.0315. The van der Waals surface area contributed by atoms with E-state index in [0.29, 0.717) is 12.5 Å². The monoisotopic (exact) mass is 417 g/mol. The van der Waals surface area contributed by atoms with Crippen molar-refractivity contribution in [3.63, 3.8) is 0 Å². The molecule has 2 aliphatic heterocycles. The van der Waals surface area contributed by atoms with Gasteiger partial charge in [0.15, 0.2) is 11.8 Å². The van der Waals surface area contributed by atoms with Gasteiger partial charge in [-0.15, -0.1) is 21.5 Å². The van der Waals surface area contributed by atoms with E-state index in [-0.39, 0.29) is 0 Å². The smallest absolute Gasteiger partial charge is 0.194 e. The number of nitrogens with zero attached hydrogens (tertiary/aromatic N) is 6. The van der Waals surface area contributed by atoms with Gasteiger partial charge in [-0.25, -0.2) is 4.99 Å². The van der Waals surface area contributed by atoms with Crippen LogP contribution in [0, 0.1) is 12.8 Å². The Balaban J connectivity index is 1.40. The van der Waals surface area contributed by atoms with Crippen LogP contribution in [0.25, 0.3) is 0 Å². The minimum Gasteiger partial charge on any atom is -0.379 e. The average molecular weight is 418 g/mol. The summed E-state index contributed by atoms with van der Waals surface area (Å²) in [6.45, 7) is 10.4. The number of hydrogen-bond donors (Lipinski definition) is 1. The van der Waals surface area contributed by atoms with E-state index in [2.05, 4.69) is 42.8 Å². The van der Waals surface area contributed by atoms with Crippen molar-refractivity contribution in [1.29, 1.82) is 0 Å². The Morgan fingerprint density at radius 1 is 1.31 bits per heavy atom. The van der Waals surface area contributed by atoms with Crippen molar-refractivity contribution in [3.05, 3.63) is 34.0 Å². The molecule has 0 saturated carbocycles. The SMILES string of the molecule is Cc1nnc(CN=C(NCc2cccs2)N2CCC(CN3CCOCC3)C2)n1C. The van der Waals surface area contributed by atoms with Gasteiger partial charge >= 0.3 is 0 Å². The molecule has 8 nitrogen and oxygen atoms in total. The quantitative estimate of drug-likeness (QED) is 0.567. The zero-order valence-corrected chi connectivity index (χ0v) is 18.2. The van der Waals surface area contributed by atoms with Crippen LogP contribution in [-0.2, 0) is 24.9 Å². The van der Waals surface area contributed by atoms with Gasteiger partial charge in [0.1, 0.15) is 12.4 Å². The maximum atomic E-state index is 5.48. The number of aromatic nitrogens is 3. The predicted octanol–water partition coefficient (Wildman–Crippen LogP) is 1.48. The molecule has 2 aromatic rings. The van der Waals surface area contributed by atoms with E-state index in [4.69, 9.17) is 9.73 Å². The molecule has 0 aliphatic carbocycles. The van der Waals surface area contributed by atoms with Gasteiger partial charge in [-0.3, -0.25) is 4.90 Å². The third-order valence-corrected chi connectivity index (χ3v) is 6.64. The van der Waals surface area contributed by atoms with Gasteiger partial charge in [0.05, 0.1) is 19.8 Å². The van der Waals surface area contributed by atoms with Crippen molar-refractivity contribution in [1.82, 2.24) is 29.9 Å². The molecule has 0 spiro atoms. The Hall–Kier alpha value is -1.97. The van der Waals surface area contributed by atoms with Gasteiger partial charge in [0, 0.05) is 44.6 Å². The maximum absolute atomic E-state index is 5.48. The first-order valence-electron chi connectivity index (χ1n) is 10.4. The highest BCUT2D eigenvalue weighted by Crippen LogP contribution is 2.19. The summed E-state index contributed by atoms with van der Waals surface area (Å²) in [6, 6.07) is 4.25. The van der Waals surface area contributed by atoms with Crippen molar-refractivity contribution < 1.29 is 4.74 Å². The second-order valence-electron chi connectivity index (χ2n) is 7.81. The Labute approximate surface area is 176 Å². The second-order valence-corrected chi connectivity index (χ2v) is 8.84. The van der Waals surface area contributed by atoms with Gasteiger partial charge in [0.25, 0.3) is 0 Å². The number of morpholine rings is 1. The van der Waals surface area contributed by atoms with Gasteiger partial charge in [-0.1, -0.05) is 6.07 Å². The molecule has 9 heteroatoms. The zero-order valence-electron chi connectivity index (χ0n) is 17.4. The molecule has 1 atom stereocenters. The molecule has 2 aromatic heterocycles. The van der Waals surface area contributed by atoms with Crippen molar-refractivity contribution in [2.45, 2.75) is 26.4 Å². The van der Waals surface area contributed by atoms with E-state index < -0.39 is 0 Å². The molecule has 4 heterocycles. The molecule has 2 fully saturated rings. The normalized spacial score (nSPS) is 21.1. The fourth-order valence-electron chi connectivity index (χ4n) is 3.90. The maximum Gasteiger partial charge on any atom is 0.194 e. The lowest BCUT2D eigenvalue weighted by Gasteiger charge is -2.29. The average Bonchev–Trinajstić information content (AvgIpc) is 3.48. The summed E-state index contributed by atoms with van der Waals surface area (Å²) in [5.74, 6) is 3.46. The minimum absolute atomic E-state index is 0.536. The molecule has 0 amide bonds. The number of ether oxygens (including phenoxy) is 1. The highest BCUT2D eigenvalue weighted by atomic mass is 32.1. The molecular formula is C20H31N7OS. The Morgan fingerprint density at radius 2 is 2.17 bits per heavy atom. The number of nitrogens with one attached hydrogen (secondary N) is 1. The fourth-order valence-corrected chi connectivity index (χ4v) is 4.55. The van der Waals surface area contributed by atoms with E-state index in [1.165, 1.54) is 11.3 Å². The highest BCUT2D eigenvalue weighted by molar-refractivity contribution is 7.09.